The van der Waals surface area contributed by atoms with Crippen molar-refractivity contribution in [3.63, 3.8) is 0 Å². The van der Waals surface area contributed by atoms with Crippen LogP contribution in [-0.4, -0.2) is 6.71 Å². The predicted molar refractivity (Wildman–Crippen MR) is 327 cm³/mol. The van der Waals surface area contributed by atoms with E-state index >= 15 is 0 Å². The van der Waals surface area contributed by atoms with Gasteiger partial charge in [0.1, 0.15) is 0 Å². The molecule has 75 heavy (non-hydrogen) atoms. The average Bonchev–Trinajstić information content (AvgIpc) is 3.91. The van der Waals surface area contributed by atoms with Gasteiger partial charge in [-0.05, 0) is 217 Å². The molecule has 2 nitrogen and oxygen atoms in total. The zero-order valence-electron chi connectivity index (χ0n) is 49.9. The molecule has 1 unspecified atom stereocenters. The molecular weight excluding hydrogens is 924 g/mol. The lowest BCUT2D eigenvalue weighted by molar-refractivity contribution is 0.331. The van der Waals surface area contributed by atoms with E-state index in [0.29, 0.717) is 0 Å². The number of anilines is 6. The van der Waals surface area contributed by atoms with E-state index in [1.807, 2.05) is 0 Å². The van der Waals surface area contributed by atoms with Crippen LogP contribution in [0.25, 0.3) is 11.1 Å². The van der Waals surface area contributed by atoms with Gasteiger partial charge in [-0.2, -0.15) is 11.3 Å². The van der Waals surface area contributed by atoms with E-state index in [-0.39, 0.29) is 55.4 Å². The first kappa shape index (κ1) is 50.0. The Kier molecular flexibility index (Phi) is 9.98. The third-order valence-corrected chi connectivity index (χ3v) is 23.4. The van der Waals surface area contributed by atoms with Gasteiger partial charge in [0.15, 0.2) is 0 Å². The molecule has 0 radical (unpaired) electrons. The first-order chi connectivity index (χ1) is 34.7. The maximum absolute atomic E-state index is 2.90. The Morgan fingerprint density at radius 3 is 1.61 bits per heavy atom. The normalized spacial score (nSPS) is 23.8. The van der Waals surface area contributed by atoms with Crippen molar-refractivity contribution in [2.75, 3.05) is 9.80 Å². The third kappa shape index (κ3) is 6.69. The fourth-order valence-corrected chi connectivity index (χ4v) is 18.1. The van der Waals surface area contributed by atoms with Crippen LogP contribution in [0.1, 0.15) is 242 Å². The van der Waals surface area contributed by atoms with Crippen LogP contribution in [0.15, 0.2) is 66.7 Å². The summed E-state index contributed by atoms with van der Waals surface area (Å²) in [6.07, 6.45) is 9.49. The molecule has 0 amide bonds. The molecule has 0 fully saturated rings. The van der Waals surface area contributed by atoms with Crippen LogP contribution in [0, 0.1) is 13.8 Å². The van der Waals surface area contributed by atoms with Crippen molar-refractivity contribution in [1.29, 1.82) is 0 Å². The fourth-order valence-electron chi connectivity index (χ4n) is 16.4. The van der Waals surface area contributed by atoms with Gasteiger partial charge in [-0.1, -0.05) is 155 Å². The topological polar surface area (TPSA) is 6.48 Å². The molecule has 3 aliphatic heterocycles. The molecule has 4 heterocycles. The highest BCUT2D eigenvalue weighted by atomic mass is 32.1. The lowest BCUT2D eigenvalue weighted by Gasteiger charge is -2.53. The minimum absolute atomic E-state index is 0.00653. The van der Waals surface area contributed by atoms with Crippen LogP contribution in [0.3, 0.4) is 0 Å². The molecule has 0 spiro atoms. The van der Waals surface area contributed by atoms with Gasteiger partial charge >= 0.3 is 0 Å². The second-order valence-electron chi connectivity index (χ2n) is 31.4. The first-order valence-corrected chi connectivity index (χ1v) is 30.1. The fraction of sp³-hybridized carbons (Fsp3) is 0.521. The summed E-state index contributed by atoms with van der Waals surface area (Å²) in [5.41, 5.74) is 31.2. The average molecular weight is 1010 g/mol. The molecule has 1 aromatic heterocycles. The van der Waals surface area contributed by atoms with Gasteiger partial charge < -0.3 is 9.80 Å². The molecule has 390 valence electrons. The zero-order chi connectivity index (χ0) is 53.7. The molecule has 0 saturated carbocycles. The highest BCUT2D eigenvalue weighted by Gasteiger charge is 2.57. The summed E-state index contributed by atoms with van der Waals surface area (Å²) in [6, 6.07) is 28.8. The van der Waals surface area contributed by atoms with E-state index in [1.165, 1.54) is 140 Å². The van der Waals surface area contributed by atoms with Crippen molar-refractivity contribution in [3.8, 4) is 11.1 Å². The number of nitrogens with zero attached hydrogens (tertiary/aromatic N) is 2. The highest BCUT2D eigenvalue weighted by Crippen LogP contribution is 2.66. The second kappa shape index (κ2) is 15.0. The van der Waals surface area contributed by atoms with E-state index < -0.39 is 0 Å². The summed E-state index contributed by atoms with van der Waals surface area (Å²) in [7, 11) is 0. The van der Waals surface area contributed by atoms with Crippen LogP contribution < -0.4 is 25.5 Å². The molecule has 4 aliphatic carbocycles. The maximum atomic E-state index is 2.90. The molecular formula is C71H87BN2S. The van der Waals surface area contributed by atoms with Gasteiger partial charge in [0.05, 0.1) is 11.4 Å². The van der Waals surface area contributed by atoms with E-state index in [4.69, 9.17) is 0 Å². The number of fused-ring (bicyclic) bond motifs is 11. The molecule has 1 atom stereocenters. The number of hydrogen-bond acceptors (Lipinski definition) is 3. The Hall–Kier alpha value is -4.54. The Morgan fingerprint density at radius 1 is 0.453 bits per heavy atom. The van der Waals surface area contributed by atoms with Crippen molar-refractivity contribution >= 4 is 67.9 Å². The number of rotatable bonds is 2. The van der Waals surface area contributed by atoms with E-state index in [9.17, 15) is 0 Å². The van der Waals surface area contributed by atoms with Crippen LogP contribution in [0.4, 0.5) is 34.1 Å². The SMILES string of the molecule is Cc1cc2c3c(c1)N1c4c(-c5cc6c(cc5C)C(C)(C)CCC6(C)C)cc(C(C)(C)C)cc4C4(C)CCC(C)(C)c5sc(c1c54)B3c1ccc3c(c1N2c1ccc2c(c1)C(C)(C)CCC2(C)C)C(C)(C)CCC3(C)C. The van der Waals surface area contributed by atoms with Crippen molar-refractivity contribution in [2.45, 2.75) is 239 Å². The Labute approximate surface area is 457 Å². The molecule has 7 aliphatic rings. The molecule has 0 bridgehead atoms. The van der Waals surface area contributed by atoms with Crippen molar-refractivity contribution in [1.82, 2.24) is 0 Å². The van der Waals surface area contributed by atoms with Gasteiger partial charge in [0.2, 0.25) is 0 Å². The smallest absolute Gasteiger partial charge is 0.264 e. The number of aryl methyl sites for hydroxylation is 2. The van der Waals surface area contributed by atoms with Gasteiger partial charge in [0, 0.05) is 48.9 Å². The highest BCUT2D eigenvalue weighted by molar-refractivity contribution is 7.29. The Morgan fingerprint density at radius 2 is 0.987 bits per heavy atom. The monoisotopic (exact) mass is 1010 g/mol. The molecule has 4 heteroatoms. The lowest BCUT2D eigenvalue weighted by Crippen LogP contribution is -2.62. The predicted octanol–water partition coefficient (Wildman–Crippen LogP) is 18.1. The summed E-state index contributed by atoms with van der Waals surface area (Å²) in [5, 5.41) is 0. The van der Waals surface area contributed by atoms with Gasteiger partial charge in [-0.3, -0.25) is 0 Å². The molecule has 5 aromatic carbocycles. The Balaban J connectivity index is 1.18. The van der Waals surface area contributed by atoms with Crippen LogP contribution >= 0.6 is 11.3 Å². The molecule has 0 saturated heterocycles. The summed E-state index contributed by atoms with van der Waals surface area (Å²) in [4.78, 5) is 7.34. The minimum Gasteiger partial charge on any atom is -0.311 e. The standard InChI is InChI=1S/C71H87BN2S/c1-40-33-53-57-54(34-40)74-58-45(44-39-50-48(35-41(44)2)66(10,11)27-28-68(50,14)15)36-42(63(3,4)5)37-51(58)71(20)32-31-70(18,19)61-56(71)60(74)62(75-61)72(57)52-24-23-47-55(69(16,17)30-29-65(47,8)9)59(52)73(53)43-21-22-46-49(38-43)67(12,13)26-25-64(46,6)7/h21-24,33-39H,25-32H2,1-20H3. The Bertz CT molecular complexity index is 3520. The second-order valence-corrected chi connectivity index (χ2v) is 32.4. The van der Waals surface area contributed by atoms with Gasteiger partial charge in [-0.25, -0.2) is 0 Å². The van der Waals surface area contributed by atoms with Crippen LogP contribution in [0.2, 0.25) is 0 Å². The van der Waals surface area contributed by atoms with Crippen molar-refractivity contribution in [3.05, 3.63) is 133 Å². The van der Waals surface area contributed by atoms with E-state index in [2.05, 4.69) is 226 Å². The summed E-state index contributed by atoms with van der Waals surface area (Å²) >= 11 is 2.19. The van der Waals surface area contributed by atoms with E-state index in [1.54, 1.807) is 31.9 Å². The number of benzene rings is 5. The number of hydrogen-bond donors (Lipinski definition) is 0. The molecule has 0 N–H and O–H groups in total. The van der Waals surface area contributed by atoms with Gasteiger partial charge in [0.25, 0.3) is 6.71 Å². The minimum atomic E-state index is -0.153. The van der Waals surface area contributed by atoms with E-state index in [0.717, 1.165) is 6.42 Å². The van der Waals surface area contributed by atoms with Crippen LogP contribution in [0.5, 0.6) is 0 Å². The summed E-state index contributed by atoms with van der Waals surface area (Å²) in [5.74, 6) is 0. The maximum Gasteiger partial charge on any atom is 0.264 e. The van der Waals surface area contributed by atoms with Crippen molar-refractivity contribution < 1.29 is 0 Å². The summed E-state index contributed by atoms with van der Waals surface area (Å²) < 4.78 is 1.56. The third-order valence-electron chi connectivity index (χ3n) is 21.8. The first-order valence-electron chi connectivity index (χ1n) is 29.3. The van der Waals surface area contributed by atoms with Crippen LogP contribution in [-0.2, 0) is 48.7 Å². The van der Waals surface area contributed by atoms with Gasteiger partial charge in [-0.15, -0.1) is 0 Å². The molecule has 6 aromatic rings. The largest absolute Gasteiger partial charge is 0.311 e. The number of thiophene rings is 1. The zero-order valence-corrected chi connectivity index (χ0v) is 50.7. The summed E-state index contributed by atoms with van der Waals surface area (Å²) in [6.45, 7) is 50.2. The van der Waals surface area contributed by atoms with Crippen molar-refractivity contribution in [2.24, 2.45) is 0 Å². The quantitative estimate of drug-likeness (QED) is 0.159. The lowest BCUT2D eigenvalue weighted by atomic mass is 9.35. The molecule has 13 rings (SSSR count).